The van der Waals surface area contributed by atoms with Crippen molar-refractivity contribution in [3.8, 4) is 5.75 Å². The highest BCUT2D eigenvalue weighted by molar-refractivity contribution is 9.10. The zero-order valence-electron chi connectivity index (χ0n) is 8.06. The van der Waals surface area contributed by atoms with Crippen LogP contribution in [0.1, 0.15) is 25.0 Å². The summed E-state index contributed by atoms with van der Waals surface area (Å²) in [6, 6.07) is 3.72. The quantitative estimate of drug-likeness (QED) is 0.797. The van der Waals surface area contributed by atoms with Crippen molar-refractivity contribution >= 4 is 15.9 Å². The van der Waals surface area contributed by atoms with Gasteiger partial charge in [-0.1, -0.05) is 15.9 Å². The summed E-state index contributed by atoms with van der Waals surface area (Å²) in [4.78, 5) is 0. The molecule has 0 saturated heterocycles. The van der Waals surface area contributed by atoms with Crippen LogP contribution in [0.15, 0.2) is 16.6 Å². The molecule has 72 valence electrons. The Balaban J connectivity index is 3.37. The SMILES string of the molecule is Cc1cc(Br)cc(C(C)(C)N)c1O. The molecule has 0 spiro atoms. The van der Waals surface area contributed by atoms with Crippen LogP contribution in [0.25, 0.3) is 0 Å². The van der Waals surface area contributed by atoms with Gasteiger partial charge in [0.25, 0.3) is 0 Å². The third-order valence-electron chi connectivity index (χ3n) is 1.96. The molecule has 0 aliphatic heterocycles. The predicted molar refractivity (Wildman–Crippen MR) is 57.8 cm³/mol. The van der Waals surface area contributed by atoms with Crippen LogP contribution in [-0.2, 0) is 5.54 Å². The van der Waals surface area contributed by atoms with Crippen molar-refractivity contribution in [3.05, 3.63) is 27.7 Å². The van der Waals surface area contributed by atoms with Gasteiger partial charge in [-0.05, 0) is 38.5 Å². The van der Waals surface area contributed by atoms with Gasteiger partial charge >= 0.3 is 0 Å². The van der Waals surface area contributed by atoms with E-state index in [0.29, 0.717) is 0 Å². The zero-order chi connectivity index (χ0) is 10.2. The molecule has 0 amide bonds. The summed E-state index contributed by atoms with van der Waals surface area (Å²) < 4.78 is 0.941. The highest BCUT2D eigenvalue weighted by atomic mass is 79.9. The molecule has 0 atom stereocenters. The van der Waals surface area contributed by atoms with E-state index in [0.717, 1.165) is 15.6 Å². The molecule has 0 aliphatic rings. The van der Waals surface area contributed by atoms with Gasteiger partial charge in [-0.3, -0.25) is 0 Å². The van der Waals surface area contributed by atoms with Gasteiger partial charge in [-0.15, -0.1) is 0 Å². The van der Waals surface area contributed by atoms with Gasteiger partial charge in [0.05, 0.1) is 0 Å². The molecule has 3 heteroatoms. The summed E-state index contributed by atoms with van der Waals surface area (Å²) in [5.41, 5.74) is 7.00. The fourth-order valence-corrected chi connectivity index (χ4v) is 1.80. The Morgan fingerprint density at radius 2 is 1.92 bits per heavy atom. The zero-order valence-corrected chi connectivity index (χ0v) is 9.64. The molecule has 1 rings (SSSR count). The van der Waals surface area contributed by atoms with E-state index >= 15 is 0 Å². The molecule has 13 heavy (non-hydrogen) atoms. The molecule has 0 fully saturated rings. The molecule has 0 radical (unpaired) electrons. The number of hydrogen-bond donors (Lipinski definition) is 2. The number of aromatic hydroxyl groups is 1. The third-order valence-corrected chi connectivity index (χ3v) is 2.42. The summed E-state index contributed by atoms with van der Waals surface area (Å²) in [6.07, 6.45) is 0. The second kappa shape index (κ2) is 3.31. The summed E-state index contributed by atoms with van der Waals surface area (Å²) in [5, 5.41) is 9.76. The minimum atomic E-state index is -0.515. The predicted octanol–water partition coefficient (Wildman–Crippen LogP) is 2.66. The minimum absolute atomic E-state index is 0.288. The Kier molecular flexibility index (Phi) is 2.68. The van der Waals surface area contributed by atoms with Crippen LogP contribution >= 0.6 is 15.9 Å². The number of aryl methyl sites for hydroxylation is 1. The lowest BCUT2D eigenvalue weighted by atomic mass is 9.93. The lowest BCUT2D eigenvalue weighted by Gasteiger charge is -2.21. The summed E-state index contributed by atoms with van der Waals surface area (Å²) in [6.45, 7) is 5.59. The summed E-state index contributed by atoms with van der Waals surface area (Å²) in [7, 11) is 0. The van der Waals surface area contributed by atoms with Crippen molar-refractivity contribution in [2.75, 3.05) is 0 Å². The van der Waals surface area contributed by atoms with Gasteiger partial charge in [0.2, 0.25) is 0 Å². The first-order chi connectivity index (χ1) is 5.82. The van der Waals surface area contributed by atoms with Gasteiger partial charge in [0, 0.05) is 15.6 Å². The van der Waals surface area contributed by atoms with Crippen LogP contribution in [-0.4, -0.2) is 5.11 Å². The van der Waals surface area contributed by atoms with E-state index in [1.165, 1.54) is 0 Å². The topological polar surface area (TPSA) is 46.2 Å². The number of phenolic OH excluding ortho intramolecular Hbond substituents is 1. The Labute approximate surface area is 86.9 Å². The lowest BCUT2D eigenvalue weighted by Crippen LogP contribution is -2.28. The smallest absolute Gasteiger partial charge is 0.123 e. The average Bonchev–Trinajstić information content (AvgIpc) is 1.94. The van der Waals surface area contributed by atoms with E-state index in [-0.39, 0.29) is 5.75 Å². The van der Waals surface area contributed by atoms with Crippen LogP contribution in [0.3, 0.4) is 0 Å². The second-order valence-corrected chi connectivity index (χ2v) is 4.76. The molecule has 3 N–H and O–H groups in total. The number of phenols is 1. The largest absolute Gasteiger partial charge is 0.507 e. The summed E-state index contributed by atoms with van der Waals surface area (Å²) in [5.74, 6) is 0.288. The Morgan fingerprint density at radius 1 is 1.38 bits per heavy atom. The maximum absolute atomic E-state index is 9.76. The monoisotopic (exact) mass is 243 g/mol. The summed E-state index contributed by atoms with van der Waals surface area (Å²) >= 11 is 3.37. The van der Waals surface area contributed by atoms with Crippen molar-refractivity contribution in [1.29, 1.82) is 0 Å². The fraction of sp³-hybridized carbons (Fsp3) is 0.400. The van der Waals surface area contributed by atoms with Crippen molar-refractivity contribution in [3.63, 3.8) is 0 Å². The van der Waals surface area contributed by atoms with Gasteiger partial charge < -0.3 is 10.8 Å². The first kappa shape index (κ1) is 10.5. The first-order valence-electron chi connectivity index (χ1n) is 4.11. The van der Waals surface area contributed by atoms with E-state index in [4.69, 9.17) is 5.73 Å². The van der Waals surface area contributed by atoms with Crippen LogP contribution in [0.4, 0.5) is 0 Å². The lowest BCUT2D eigenvalue weighted by molar-refractivity contribution is 0.436. The maximum atomic E-state index is 9.76. The molecule has 0 bridgehead atoms. The molecule has 1 aromatic rings. The highest BCUT2D eigenvalue weighted by Crippen LogP contribution is 2.32. The molecule has 0 saturated carbocycles. The molecule has 0 aliphatic carbocycles. The van der Waals surface area contributed by atoms with Crippen molar-refractivity contribution in [1.82, 2.24) is 0 Å². The fourth-order valence-electron chi connectivity index (χ4n) is 1.23. The third kappa shape index (κ3) is 2.23. The van der Waals surface area contributed by atoms with Gasteiger partial charge in [-0.25, -0.2) is 0 Å². The molecule has 1 aromatic carbocycles. The first-order valence-corrected chi connectivity index (χ1v) is 4.90. The number of nitrogens with two attached hydrogens (primary N) is 1. The van der Waals surface area contributed by atoms with Crippen molar-refractivity contribution in [2.24, 2.45) is 5.73 Å². The van der Waals surface area contributed by atoms with Gasteiger partial charge in [-0.2, -0.15) is 0 Å². The van der Waals surface area contributed by atoms with Crippen LogP contribution in [0.5, 0.6) is 5.75 Å². The standard InChI is InChI=1S/C10H14BrNO/c1-6-4-7(11)5-8(9(6)13)10(2,3)12/h4-5,13H,12H2,1-3H3. The number of hydrogen-bond acceptors (Lipinski definition) is 2. The van der Waals surface area contributed by atoms with E-state index in [2.05, 4.69) is 15.9 Å². The van der Waals surface area contributed by atoms with Crippen LogP contribution < -0.4 is 5.73 Å². The molecule has 2 nitrogen and oxygen atoms in total. The highest BCUT2D eigenvalue weighted by Gasteiger charge is 2.19. The van der Waals surface area contributed by atoms with E-state index in [9.17, 15) is 5.11 Å². The van der Waals surface area contributed by atoms with Gasteiger partial charge in [0.1, 0.15) is 5.75 Å². The van der Waals surface area contributed by atoms with E-state index in [1.807, 2.05) is 32.9 Å². The normalized spacial score (nSPS) is 11.8. The second-order valence-electron chi connectivity index (χ2n) is 3.84. The minimum Gasteiger partial charge on any atom is -0.507 e. The Morgan fingerprint density at radius 3 is 2.38 bits per heavy atom. The van der Waals surface area contributed by atoms with Crippen molar-refractivity contribution < 1.29 is 5.11 Å². The van der Waals surface area contributed by atoms with Gasteiger partial charge in [0.15, 0.2) is 0 Å². The van der Waals surface area contributed by atoms with Crippen LogP contribution in [0, 0.1) is 6.92 Å². The Hall–Kier alpha value is -0.540. The molecule has 0 heterocycles. The number of rotatable bonds is 1. The maximum Gasteiger partial charge on any atom is 0.123 e. The average molecular weight is 244 g/mol. The number of halogens is 1. The van der Waals surface area contributed by atoms with Crippen molar-refractivity contribution in [2.45, 2.75) is 26.3 Å². The van der Waals surface area contributed by atoms with E-state index in [1.54, 1.807) is 0 Å². The Bertz CT molecular complexity index is 328. The molecular formula is C10H14BrNO. The molecular weight excluding hydrogens is 230 g/mol. The van der Waals surface area contributed by atoms with Crippen LogP contribution in [0.2, 0.25) is 0 Å². The molecule has 0 unspecified atom stereocenters. The number of benzene rings is 1. The van der Waals surface area contributed by atoms with E-state index < -0.39 is 5.54 Å². The molecule has 0 aromatic heterocycles.